The van der Waals surface area contributed by atoms with Gasteiger partial charge in [0.05, 0.1) is 18.6 Å². The zero-order chi connectivity index (χ0) is 15.1. The molecule has 0 bridgehead atoms. The maximum Gasteiger partial charge on any atom is 0.305 e. The Morgan fingerprint density at radius 2 is 1.84 bits per heavy atom. The van der Waals surface area contributed by atoms with Gasteiger partial charge in [-0.25, -0.2) is 0 Å². The number of hydrogen-bond donors (Lipinski definition) is 2. The molecule has 112 valence electrons. The highest BCUT2D eigenvalue weighted by atomic mass is 16.5. The molecule has 0 saturated heterocycles. The van der Waals surface area contributed by atoms with Crippen molar-refractivity contribution in [1.82, 2.24) is 5.32 Å². The fourth-order valence-corrected chi connectivity index (χ4v) is 2.40. The van der Waals surface area contributed by atoms with Crippen LogP contribution in [0.1, 0.15) is 47.0 Å². The van der Waals surface area contributed by atoms with Crippen molar-refractivity contribution >= 4 is 11.9 Å². The molecular formula is C14H27NO4. The molecule has 0 rings (SSSR count). The molecule has 5 heteroatoms. The first-order chi connectivity index (χ1) is 8.79. The Bertz CT molecular complexity index is 302. The molecule has 0 aliphatic carbocycles. The van der Waals surface area contributed by atoms with E-state index in [1.807, 2.05) is 6.92 Å². The van der Waals surface area contributed by atoms with Crippen molar-refractivity contribution < 1.29 is 19.4 Å². The Labute approximate surface area is 115 Å². The van der Waals surface area contributed by atoms with Crippen LogP contribution in [0.3, 0.4) is 0 Å². The number of carboxylic acid groups (broad SMARTS) is 1. The lowest BCUT2D eigenvalue weighted by atomic mass is 9.87. The smallest absolute Gasteiger partial charge is 0.305 e. The highest BCUT2D eigenvalue weighted by Crippen LogP contribution is 2.21. The topological polar surface area (TPSA) is 75.6 Å². The predicted octanol–water partition coefficient (Wildman–Crippen LogP) is 2.05. The SMILES string of the molecule is CCC(CC)C(C)C(=O)NC(C)(COC)CC(=O)O. The van der Waals surface area contributed by atoms with Gasteiger partial charge in [-0.15, -0.1) is 0 Å². The van der Waals surface area contributed by atoms with Crippen LogP contribution in [-0.4, -0.2) is 36.2 Å². The number of amides is 1. The minimum absolute atomic E-state index is 0.102. The van der Waals surface area contributed by atoms with E-state index in [1.165, 1.54) is 7.11 Å². The molecule has 0 aromatic rings. The molecule has 0 aromatic heterocycles. The van der Waals surface area contributed by atoms with E-state index in [2.05, 4.69) is 19.2 Å². The average Bonchev–Trinajstić information content (AvgIpc) is 2.28. The van der Waals surface area contributed by atoms with Crippen LogP contribution in [0, 0.1) is 11.8 Å². The summed E-state index contributed by atoms with van der Waals surface area (Å²) in [6.45, 7) is 7.89. The van der Waals surface area contributed by atoms with Crippen molar-refractivity contribution in [3.8, 4) is 0 Å². The Kier molecular flexibility index (Phi) is 7.68. The maximum atomic E-state index is 12.2. The van der Waals surface area contributed by atoms with Crippen molar-refractivity contribution in [1.29, 1.82) is 0 Å². The molecule has 0 heterocycles. The number of carbonyl (C=O) groups excluding carboxylic acids is 1. The van der Waals surface area contributed by atoms with Crippen LogP contribution in [0.4, 0.5) is 0 Å². The van der Waals surface area contributed by atoms with Crippen LogP contribution in [0.2, 0.25) is 0 Å². The lowest BCUT2D eigenvalue weighted by Crippen LogP contribution is -2.52. The molecule has 0 aliphatic rings. The van der Waals surface area contributed by atoms with Crippen molar-refractivity contribution in [3.63, 3.8) is 0 Å². The second-order valence-corrected chi connectivity index (χ2v) is 5.42. The fraction of sp³-hybridized carbons (Fsp3) is 0.857. The zero-order valence-electron chi connectivity index (χ0n) is 12.7. The number of carboxylic acids is 1. The van der Waals surface area contributed by atoms with Gasteiger partial charge >= 0.3 is 5.97 Å². The van der Waals surface area contributed by atoms with E-state index >= 15 is 0 Å². The summed E-state index contributed by atoms with van der Waals surface area (Å²) < 4.78 is 5.02. The lowest BCUT2D eigenvalue weighted by molar-refractivity contribution is -0.140. The minimum atomic E-state index is -0.949. The molecule has 0 aliphatic heterocycles. The number of aliphatic carboxylic acids is 1. The number of hydrogen-bond acceptors (Lipinski definition) is 3. The Morgan fingerprint density at radius 1 is 1.32 bits per heavy atom. The first-order valence-corrected chi connectivity index (χ1v) is 6.82. The molecule has 2 atom stereocenters. The lowest BCUT2D eigenvalue weighted by Gasteiger charge is -2.31. The zero-order valence-corrected chi connectivity index (χ0v) is 12.7. The summed E-state index contributed by atoms with van der Waals surface area (Å²) in [6.07, 6.45) is 1.72. The van der Waals surface area contributed by atoms with Crippen LogP contribution in [0.25, 0.3) is 0 Å². The third-order valence-electron chi connectivity index (χ3n) is 3.60. The summed E-state index contributed by atoms with van der Waals surface area (Å²) in [6, 6.07) is 0. The highest BCUT2D eigenvalue weighted by Gasteiger charge is 2.32. The van der Waals surface area contributed by atoms with Crippen molar-refractivity contribution in [2.24, 2.45) is 11.8 Å². The van der Waals surface area contributed by atoms with Gasteiger partial charge in [-0.1, -0.05) is 33.6 Å². The largest absolute Gasteiger partial charge is 0.481 e. The normalized spacial score (nSPS) is 15.9. The van der Waals surface area contributed by atoms with Crippen LogP contribution in [-0.2, 0) is 14.3 Å². The van der Waals surface area contributed by atoms with Crippen molar-refractivity contribution in [2.45, 2.75) is 52.5 Å². The number of ether oxygens (including phenoxy) is 1. The van der Waals surface area contributed by atoms with E-state index < -0.39 is 11.5 Å². The summed E-state index contributed by atoms with van der Waals surface area (Å²) >= 11 is 0. The molecule has 19 heavy (non-hydrogen) atoms. The Hall–Kier alpha value is -1.10. The van der Waals surface area contributed by atoms with Gasteiger partial charge in [0, 0.05) is 13.0 Å². The Morgan fingerprint density at radius 3 is 2.21 bits per heavy atom. The maximum absolute atomic E-state index is 12.2. The van der Waals surface area contributed by atoms with E-state index in [1.54, 1.807) is 6.92 Å². The summed E-state index contributed by atoms with van der Waals surface area (Å²) in [5.41, 5.74) is -0.863. The number of nitrogens with one attached hydrogen (secondary N) is 1. The van der Waals surface area contributed by atoms with Gasteiger partial charge < -0.3 is 15.2 Å². The first-order valence-electron chi connectivity index (χ1n) is 6.82. The molecule has 0 saturated carbocycles. The number of methoxy groups -OCH3 is 1. The molecule has 5 nitrogen and oxygen atoms in total. The highest BCUT2D eigenvalue weighted by molar-refractivity contribution is 5.80. The fourth-order valence-electron chi connectivity index (χ4n) is 2.40. The van der Waals surface area contributed by atoms with E-state index in [9.17, 15) is 9.59 Å². The van der Waals surface area contributed by atoms with Crippen molar-refractivity contribution in [2.75, 3.05) is 13.7 Å². The third-order valence-corrected chi connectivity index (χ3v) is 3.60. The molecule has 0 spiro atoms. The van der Waals surface area contributed by atoms with Gasteiger partial charge in [-0.3, -0.25) is 9.59 Å². The Balaban J connectivity index is 4.75. The molecule has 0 aromatic carbocycles. The minimum Gasteiger partial charge on any atom is -0.481 e. The van der Waals surface area contributed by atoms with E-state index in [0.29, 0.717) is 5.92 Å². The molecule has 1 amide bonds. The second kappa shape index (κ2) is 8.15. The van der Waals surface area contributed by atoms with Crippen LogP contribution in [0.5, 0.6) is 0 Å². The van der Waals surface area contributed by atoms with E-state index in [0.717, 1.165) is 12.8 Å². The van der Waals surface area contributed by atoms with E-state index in [-0.39, 0.29) is 24.9 Å². The average molecular weight is 273 g/mol. The molecule has 0 fully saturated rings. The predicted molar refractivity (Wildman–Crippen MR) is 73.9 cm³/mol. The number of carbonyl (C=O) groups is 2. The van der Waals surface area contributed by atoms with Crippen LogP contribution >= 0.6 is 0 Å². The second-order valence-electron chi connectivity index (χ2n) is 5.42. The summed E-state index contributed by atoms with van der Waals surface area (Å²) in [4.78, 5) is 23.1. The van der Waals surface area contributed by atoms with Gasteiger partial charge in [0.1, 0.15) is 0 Å². The van der Waals surface area contributed by atoms with Gasteiger partial charge in [0.25, 0.3) is 0 Å². The molecular weight excluding hydrogens is 246 g/mol. The van der Waals surface area contributed by atoms with Gasteiger partial charge in [-0.2, -0.15) is 0 Å². The van der Waals surface area contributed by atoms with Crippen LogP contribution in [0.15, 0.2) is 0 Å². The monoisotopic (exact) mass is 273 g/mol. The molecule has 0 radical (unpaired) electrons. The first kappa shape index (κ1) is 17.9. The quantitative estimate of drug-likeness (QED) is 0.674. The van der Waals surface area contributed by atoms with E-state index in [4.69, 9.17) is 9.84 Å². The summed E-state index contributed by atoms with van der Waals surface area (Å²) in [7, 11) is 1.50. The standard InChI is InChI=1S/C14H27NO4/c1-6-11(7-2)10(3)13(18)15-14(4,9-19-5)8-12(16)17/h10-11H,6-9H2,1-5H3,(H,15,18)(H,16,17). The summed E-state index contributed by atoms with van der Waals surface area (Å²) in [5.74, 6) is -0.860. The third kappa shape index (κ3) is 6.05. The van der Waals surface area contributed by atoms with Gasteiger partial charge in [-0.05, 0) is 12.8 Å². The van der Waals surface area contributed by atoms with Crippen LogP contribution < -0.4 is 5.32 Å². The summed E-state index contributed by atoms with van der Waals surface area (Å²) in [5, 5.41) is 11.8. The number of rotatable bonds is 9. The molecule has 2 unspecified atom stereocenters. The van der Waals surface area contributed by atoms with Crippen molar-refractivity contribution in [3.05, 3.63) is 0 Å². The molecule has 2 N–H and O–H groups in total. The van der Waals surface area contributed by atoms with Gasteiger partial charge in [0.2, 0.25) is 5.91 Å². The van der Waals surface area contributed by atoms with Gasteiger partial charge in [0.15, 0.2) is 0 Å².